The number of carbonyl (C=O) groups excluding carboxylic acids is 2. The molecule has 4 rings (SSSR count). The number of alkyl halides is 3. The molecule has 0 amide bonds. The molecular formula is C26H21F3N2O5. The number of ether oxygens (including phenoxy) is 2. The molecule has 1 atom stereocenters. The number of hydrogen-bond donors (Lipinski definition) is 1. The van der Waals surface area contributed by atoms with Crippen molar-refractivity contribution in [2.45, 2.75) is 18.7 Å². The normalized spacial score (nSPS) is 13.3. The number of aromatic nitrogens is 2. The van der Waals surface area contributed by atoms with Crippen LogP contribution in [0.4, 0.5) is 13.2 Å². The largest absolute Gasteiger partial charge is 0.489 e. The monoisotopic (exact) mass is 498 g/mol. The molecule has 0 saturated heterocycles. The number of hydrogen-bond acceptors (Lipinski definition) is 6. The molecule has 10 heteroatoms. The molecule has 0 aliphatic rings. The third kappa shape index (κ3) is 4.55. The molecule has 0 radical (unpaired) electrons. The Labute approximate surface area is 203 Å². The Morgan fingerprint density at radius 3 is 2.39 bits per heavy atom. The van der Waals surface area contributed by atoms with Gasteiger partial charge in [0.15, 0.2) is 5.78 Å². The molecule has 1 aromatic heterocycles. The van der Waals surface area contributed by atoms with Crippen LogP contribution in [0.2, 0.25) is 0 Å². The van der Waals surface area contributed by atoms with Crippen molar-refractivity contribution in [2.24, 2.45) is 0 Å². The molecule has 3 aromatic carbocycles. The molecule has 4 aromatic rings. The first-order valence-electron chi connectivity index (χ1n) is 10.7. The molecule has 1 N–H and O–H groups in total. The van der Waals surface area contributed by atoms with Crippen molar-refractivity contribution in [1.29, 1.82) is 0 Å². The lowest BCUT2D eigenvalue weighted by Gasteiger charge is -2.31. The third-order valence-electron chi connectivity index (χ3n) is 5.74. The summed E-state index contributed by atoms with van der Waals surface area (Å²) in [5, 5.41) is 15.5. The fraction of sp³-hybridized carbons (Fsp3) is 0.192. The van der Waals surface area contributed by atoms with Gasteiger partial charge in [0.2, 0.25) is 5.60 Å². The van der Waals surface area contributed by atoms with E-state index in [2.05, 4.69) is 9.84 Å². The number of methoxy groups -OCH3 is 1. The van der Waals surface area contributed by atoms with Crippen LogP contribution >= 0.6 is 0 Å². The van der Waals surface area contributed by atoms with Gasteiger partial charge >= 0.3 is 12.1 Å². The van der Waals surface area contributed by atoms with E-state index >= 15 is 0 Å². The first kappa shape index (κ1) is 24.9. The van der Waals surface area contributed by atoms with Crippen LogP contribution in [-0.2, 0) is 10.3 Å². The number of fused-ring (bicyclic) bond motifs is 1. The van der Waals surface area contributed by atoms with Crippen molar-refractivity contribution in [1.82, 2.24) is 9.78 Å². The number of para-hydroxylation sites is 1. The second-order valence-electron chi connectivity index (χ2n) is 8.07. The van der Waals surface area contributed by atoms with Gasteiger partial charge in [-0.1, -0.05) is 24.3 Å². The SMILES string of the molecule is COC(=O)c1cc(C(C)=O)ccc1OCC(O)(c1ccc2c(cnn2-c2ccccc2)c1)C(F)(F)F. The predicted octanol–water partition coefficient (Wildman–Crippen LogP) is 4.84. The summed E-state index contributed by atoms with van der Waals surface area (Å²) in [4.78, 5) is 23.8. The Balaban J connectivity index is 1.71. The van der Waals surface area contributed by atoms with Crippen molar-refractivity contribution in [2.75, 3.05) is 13.7 Å². The van der Waals surface area contributed by atoms with Crippen molar-refractivity contribution in [3.8, 4) is 11.4 Å². The number of esters is 1. The summed E-state index contributed by atoms with van der Waals surface area (Å²) >= 11 is 0. The minimum Gasteiger partial charge on any atom is -0.489 e. The van der Waals surface area contributed by atoms with Crippen molar-refractivity contribution in [3.63, 3.8) is 0 Å². The van der Waals surface area contributed by atoms with E-state index in [1.54, 1.807) is 16.8 Å². The molecule has 0 aliphatic carbocycles. The number of benzene rings is 3. The lowest BCUT2D eigenvalue weighted by Crippen LogP contribution is -2.47. The number of aliphatic hydroxyl groups is 1. The fourth-order valence-electron chi connectivity index (χ4n) is 3.72. The molecular weight excluding hydrogens is 477 g/mol. The highest BCUT2D eigenvalue weighted by atomic mass is 19.4. The number of ketones is 1. The first-order valence-corrected chi connectivity index (χ1v) is 10.7. The van der Waals surface area contributed by atoms with Gasteiger partial charge in [-0.05, 0) is 55.0 Å². The van der Waals surface area contributed by atoms with Crippen LogP contribution in [0.3, 0.4) is 0 Å². The highest BCUT2D eigenvalue weighted by Gasteiger charge is 2.56. The van der Waals surface area contributed by atoms with Gasteiger partial charge in [-0.2, -0.15) is 18.3 Å². The topological polar surface area (TPSA) is 90.7 Å². The molecule has 1 unspecified atom stereocenters. The Morgan fingerprint density at radius 2 is 1.75 bits per heavy atom. The van der Waals surface area contributed by atoms with Crippen molar-refractivity contribution in [3.05, 3.63) is 89.6 Å². The highest BCUT2D eigenvalue weighted by Crippen LogP contribution is 2.41. The molecule has 7 nitrogen and oxygen atoms in total. The van der Waals surface area contributed by atoms with E-state index in [1.807, 2.05) is 18.2 Å². The van der Waals surface area contributed by atoms with Gasteiger partial charge in [-0.3, -0.25) is 4.79 Å². The highest BCUT2D eigenvalue weighted by molar-refractivity contribution is 5.99. The minimum atomic E-state index is -5.12. The van der Waals surface area contributed by atoms with Crippen molar-refractivity contribution >= 4 is 22.7 Å². The second kappa shape index (κ2) is 9.46. The Bertz CT molecular complexity index is 1430. The van der Waals surface area contributed by atoms with Crippen LogP contribution in [0, 0.1) is 0 Å². The first-order chi connectivity index (χ1) is 17.0. The van der Waals surface area contributed by atoms with E-state index in [0.29, 0.717) is 10.9 Å². The zero-order valence-corrected chi connectivity index (χ0v) is 19.2. The average Bonchev–Trinajstić information content (AvgIpc) is 3.29. The Morgan fingerprint density at radius 1 is 1.03 bits per heavy atom. The van der Waals surface area contributed by atoms with Crippen LogP contribution in [0.5, 0.6) is 5.75 Å². The van der Waals surface area contributed by atoms with E-state index in [-0.39, 0.29) is 22.7 Å². The lowest BCUT2D eigenvalue weighted by atomic mass is 9.93. The number of rotatable bonds is 7. The average molecular weight is 498 g/mol. The standard InChI is InChI=1S/C26H21F3N2O5/c1-16(32)17-8-11-23(21(13-17)24(33)35-2)36-15-25(34,26(27,28)29)19-9-10-22-18(12-19)14-30-31(22)20-6-4-3-5-7-20/h3-14,34H,15H2,1-2H3. The summed E-state index contributed by atoms with van der Waals surface area (Å²) < 4.78 is 54.1. The minimum absolute atomic E-state index is 0.148. The summed E-state index contributed by atoms with van der Waals surface area (Å²) in [6.07, 6.45) is -3.72. The lowest BCUT2D eigenvalue weighted by molar-refractivity contribution is -0.275. The molecule has 0 aliphatic heterocycles. The molecule has 36 heavy (non-hydrogen) atoms. The summed E-state index contributed by atoms with van der Waals surface area (Å²) in [6.45, 7) is 0.0215. The van der Waals surface area contributed by atoms with Gasteiger partial charge in [-0.15, -0.1) is 0 Å². The summed E-state index contributed by atoms with van der Waals surface area (Å²) in [5.74, 6) is -1.53. The van der Waals surface area contributed by atoms with E-state index in [9.17, 15) is 27.9 Å². The van der Waals surface area contributed by atoms with Crippen LogP contribution in [0.15, 0.2) is 72.9 Å². The van der Waals surface area contributed by atoms with Crippen LogP contribution in [0.25, 0.3) is 16.6 Å². The van der Waals surface area contributed by atoms with Gasteiger partial charge in [0.05, 0.1) is 24.5 Å². The maximum Gasteiger partial charge on any atom is 0.424 e. The van der Waals surface area contributed by atoms with Crippen LogP contribution in [-0.4, -0.2) is 46.5 Å². The summed E-state index contributed by atoms with van der Waals surface area (Å²) in [7, 11) is 1.09. The maximum absolute atomic E-state index is 14.2. The molecule has 0 spiro atoms. The van der Waals surface area contributed by atoms with Gasteiger partial charge < -0.3 is 14.6 Å². The number of carbonyl (C=O) groups is 2. The quantitative estimate of drug-likeness (QED) is 0.290. The predicted molar refractivity (Wildman–Crippen MR) is 124 cm³/mol. The zero-order valence-electron chi connectivity index (χ0n) is 19.2. The van der Waals surface area contributed by atoms with Gasteiger partial charge in [0.25, 0.3) is 0 Å². The second-order valence-corrected chi connectivity index (χ2v) is 8.07. The molecule has 1 heterocycles. The van der Waals surface area contributed by atoms with E-state index in [0.717, 1.165) is 18.9 Å². The van der Waals surface area contributed by atoms with Crippen LogP contribution in [0.1, 0.15) is 33.2 Å². The molecule has 186 valence electrons. The van der Waals surface area contributed by atoms with E-state index in [4.69, 9.17) is 4.74 Å². The van der Waals surface area contributed by atoms with Crippen molar-refractivity contribution < 1.29 is 37.3 Å². The maximum atomic E-state index is 14.2. The van der Waals surface area contributed by atoms with Gasteiger partial charge in [-0.25, -0.2) is 9.48 Å². The molecule has 0 fully saturated rings. The summed E-state index contributed by atoms with van der Waals surface area (Å²) in [6, 6.07) is 16.5. The smallest absolute Gasteiger partial charge is 0.424 e. The van der Waals surface area contributed by atoms with E-state index in [1.165, 1.54) is 43.5 Å². The number of halogens is 3. The number of nitrogens with zero attached hydrogens (tertiary/aromatic N) is 2. The molecule has 0 saturated carbocycles. The Kier molecular flexibility index (Phi) is 6.55. The zero-order chi connectivity index (χ0) is 26.1. The third-order valence-corrected chi connectivity index (χ3v) is 5.74. The Hall–Kier alpha value is -4.18. The number of Topliss-reactive ketones (excluding diaryl/α,β-unsaturated/α-hetero) is 1. The van der Waals surface area contributed by atoms with Gasteiger partial charge in [0.1, 0.15) is 17.9 Å². The van der Waals surface area contributed by atoms with Crippen LogP contribution < -0.4 is 4.74 Å². The van der Waals surface area contributed by atoms with E-state index < -0.39 is 29.9 Å². The van der Waals surface area contributed by atoms with Gasteiger partial charge in [0, 0.05) is 10.9 Å². The summed E-state index contributed by atoms with van der Waals surface area (Å²) in [5.41, 5.74) is -2.70. The fourth-order valence-corrected chi connectivity index (χ4v) is 3.72. The molecule has 0 bridgehead atoms.